The molecule has 1 N–H and O–H groups in total. The predicted octanol–water partition coefficient (Wildman–Crippen LogP) is 3.85. The topological polar surface area (TPSA) is 58.6 Å². The number of rotatable bonds is 7. The number of nitrogens with zero attached hydrogens (tertiary/aromatic N) is 1. The maximum absolute atomic E-state index is 12.3. The lowest BCUT2D eigenvalue weighted by molar-refractivity contribution is -0.130. The van der Waals surface area contributed by atoms with Gasteiger partial charge in [0.25, 0.3) is 0 Å². The second-order valence-electron chi connectivity index (χ2n) is 5.52. The highest BCUT2D eigenvalue weighted by Gasteiger charge is 2.13. The lowest BCUT2D eigenvalue weighted by Gasteiger charge is -2.18. The van der Waals surface area contributed by atoms with Crippen LogP contribution in [-0.4, -0.2) is 36.9 Å². The Morgan fingerprint density at radius 1 is 1.19 bits per heavy atom. The van der Waals surface area contributed by atoms with E-state index < -0.39 is 0 Å². The van der Waals surface area contributed by atoms with Gasteiger partial charge in [-0.15, -0.1) is 0 Å². The molecule has 0 aliphatic rings. The minimum Gasteiger partial charge on any atom is -0.497 e. The number of hydrogen-bond acceptors (Lipinski definition) is 3. The molecule has 0 aromatic heterocycles. The number of likely N-dealkylation sites (N-methyl/N-ethyl adjacent to an activating group) is 1. The van der Waals surface area contributed by atoms with Gasteiger partial charge >= 0.3 is 0 Å². The lowest BCUT2D eigenvalue weighted by atomic mass is 10.2. The van der Waals surface area contributed by atoms with Crippen molar-refractivity contribution in [2.45, 2.75) is 6.92 Å². The number of carbonyl (C=O) groups excluding carboxylic acids is 2. The molecule has 0 spiro atoms. The van der Waals surface area contributed by atoms with Gasteiger partial charge < -0.3 is 15.0 Å². The van der Waals surface area contributed by atoms with E-state index in [4.69, 9.17) is 16.3 Å². The Bertz CT molecular complexity index is 788. The number of benzene rings is 2. The Hall–Kier alpha value is -2.79. The molecule has 0 bridgehead atoms. The fourth-order valence-electron chi connectivity index (χ4n) is 2.28. The Morgan fingerprint density at radius 2 is 1.92 bits per heavy atom. The molecule has 0 heterocycles. The van der Waals surface area contributed by atoms with E-state index in [-0.39, 0.29) is 18.4 Å². The monoisotopic (exact) mass is 372 g/mol. The third-order valence-electron chi connectivity index (χ3n) is 3.67. The van der Waals surface area contributed by atoms with Crippen molar-refractivity contribution in [1.82, 2.24) is 4.90 Å². The maximum atomic E-state index is 12.3. The number of anilines is 1. The number of halogens is 1. The molecule has 0 aliphatic carbocycles. The maximum Gasteiger partial charge on any atom is 0.247 e. The highest BCUT2D eigenvalue weighted by atomic mass is 35.5. The van der Waals surface area contributed by atoms with Crippen LogP contribution in [-0.2, 0) is 9.59 Å². The standard InChI is InChI=1S/C20H21ClN2O3/c1-3-23(20(25)12-7-15-5-4-6-16(21)13-15)14-19(24)22-17-8-10-18(26-2)11-9-17/h4-13H,3,14H2,1-2H3,(H,22,24)/b12-7+. The predicted molar refractivity (Wildman–Crippen MR) is 104 cm³/mol. The van der Waals surface area contributed by atoms with E-state index >= 15 is 0 Å². The quantitative estimate of drug-likeness (QED) is 0.751. The fourth-order valence-corrected chi connectivity index (χ4v) is 2.48. The summed E-state index contributed by atoms with van der Waals surface area (Å²) in [7, 11) is 1.58. The van der Waals surface area contributed by atoms with Crippen LogP contribution in [0.5, 0.6) is 5.75 Å². The summed E-state index contributed by atoms with van der Waals surface area (Å²) in [6.45, 7) is 2.22. The van der Waals surface area contributed by atoms with Crippen molar-refractivity contribution >= 4 is 35.2 Å². The molecule has 2 aromatic rings. The number of amides is 2. The smallest absolute Gasteiger partial charge is 0.247 e. The summed E-state index contributed by atoms with van der Waals surface area (Å²) in [5.41, 5.74) is 1.47. The van der Waals surface area contributed by atoms with Crippen LogP contribution in [0, 0.1) is 0 Å². The number of ether oxygens (including phenoxy) is 1. The zero-order chi connectivity index (χ0) is 18.9. The molecule has 0 saturated heterocycles. The summed E-state index contributed by atoms with van der Waals surface area (Å²) in [5, 5.41) is 3.37. The first-order valence-electron chi connectivity index (χ1n) is 8.18. The van der Waals surface area contributed by atoms with E-state index in [9.17, 15) is 9.59 Å². The van der Waals surface area contributed by atoms with E-state index in [2.05, 4.69) is 5.32 Å². The molecule has 2 amide bonds. The second kappa shape index (κ2) is 9.63. The summed E-state index contributed by atoms with van der Waals surface area (Å²) in [6.07, 6.45) is 3.12. The van der Waals surface area contributed by atoms with Crippen LogP contribution in [0.15, 0.2) is 54.6 Å². The summed E-state index contributed by atoms with van der Waals surface area (Å²) in [4.78, 5) is 26.0. The first-order chi connectivity index (χ1) is 12.5. The van der Waals surface area contributed by atoms with Gasteiger partial charge in [-0.25, -0.2) is 0 Å². The van der Waals surface area contributed by atoms with Crippen LogP contribution in [0.3, 0.4) is 0 Å². The summed E-state index contributed by atoms with van der Waals surface area (Å²) in [5.74, 6) is 0.207. The van der Waals surface area contributed by atoms with Crippen LogP contribution < -0.4 is 10.1 Å². The minimum absolute atomic E-state index is 0.0265. The Kier molecular flexibility index (Phi) is 7.24. The van der Waals surface area contributed by atoms with E-state index in [0.717, 1.165) is 5.56 Å². The van der Waals surface area contributed by atoms with E-state index in [1.807, 2.05) is 19.1 Å². The minimum atomic E-state index is -0.262. The Balaban J connectivity index is 1.94. The zero-order valence-electron chi connectivity index (χ0n) is 14.7. The molecule has 0 unspecified atom stereocenters. The summed E-state index contributed by atoms with van der Waals surface area (Å²) < 4.78 is 5.08. The molecule has 6 heteroatoms. The van der Waals surface area contributed by atoms with Crippen molar-refractivity contribution in [2.24, 2.45) is 0 Å². The largest absolute Gasteiger partial charge is 0.497 e. The molecule has 0 saturated carbocycles. The normalized spacial score (nSPS) is 10.6. The van der Waals surface area contributed by atoms with E-state index in [0.29, 0.717) is 23.0 Å². The molecule has 5 nitrogen and oxygen atoms in total. The molecular weight excluding hydrogens is 352 g/mol. The summed E-state index contributed by atoms with van der Waals surface area (Å²) >= 11 is 5.92. The average molecular weight is 373 g/mol. The van der Waals surface area contributed by atoms with Gasteiger partial charge in [0.05, 0.1) is 7.11 Å². The van der Waals surface area contributed by atoms with Crippen LogP contribution in [0.1, 0.15) is 12.5 Å². The first-order valence-corrected chi connectivity index (χ1v) is 8.56. The number of hydrogen-bond donors (Lipinski definition) is 1. The Labute approximate surface area is 158 Å². The molecule has 2 rings (SSSR count). The molecule has 0 radical (unpaired) electrons. The van der Waals surface area contributed by atoms with Crippen LogP contribution in [0.25, 0.3) is 6.08 Å². The van der Waals surface area contributed by atoms with Crippen molar-refractivity contribution in [2.75, 3.05) is 25.5 Å². The fraction of sp³-hybridized carbons (Fsp3) is 0.200. The van der Waals surface area contributed by atoms with Crippen molar-refractivity contribution in [3.05, 3.63) is 65.2 Å². The van der Waals surface area contributed by atoms with Gasteiger partial charge in [0.15, 0.2) is 0 Å². The number of nitrogens with one attached hydrogen (secondary N) is 1. The van der Waals surface area contributed by atoms with Gasteiger partial charge in [0, 0.05) is 23.3 Å². The lowest BCUT2D eigenvalue weighted by Crippen LogP contribution is -2.36. The van der Waals surface area contributed by atoms with Crippen molar-refractivity contribution < 1.29 is 14.3 Å². The molecule has 0 fully saturated rings. The second-order valence-corrected chi connectivity index (χ2v) is 5.95. The van der Waals surface area contributed by atoms with Gasteiger partial charge in [0.2, 0.25) is 11.8 Å². The van der Waals surface area contributed by atoms with Gasteiger partial charge in [-0.3, -0.25) is 9.59 Å². The van der Waals surface area contributed by atoms with Crippen LogP contribution in [0.2, 0.25) is 5.02 Å². The molecule has 136 valence electrons. The Morgan fingerprint density at radius 3 is 2.54 bits per heavy atom. The van der Waals surface area contributed by atoms with E-state index in [1.54, 1.807) is 49.6 Å². The van der Waals surface area contributed by atoms with Gasteiger partial charge in [-0.1, -0.05) is 23.7 Å². The number of carbonyl (C=O) groups is 2. The molecule has 2 aromatic carbocycles. The highest BCUT2D eigenvalue weighted by Crippen LogP contribution is 2.15. The van der Waals surface area contributed by atoms with Crippen molar-refractivity contribution in [3.8, 4) is 5.75 Å². The van der Waals surface area contributed by atoms with Crippen LogP contribution >= 0.6 is 11.6 Å². The van der Waals surface area contributed by atoms with Gasteiger partial charge in [0.1, 0.15) is 12.3 Å². The van der Waals surface area contributed by atoms with Crippen molar-refractivity contribution in [3.63, 3.8) is 0 Å². The van der Waals surface area contributed by atoms with Gasteiger partial charge in [-0.2, -0.15) is 0 Å². The van der Waals surface area contributed by atoms with Crippen molar-refractivity contribution in [1.29, 1.82) is 0 Å². The zero-order valence-corrected chi connectivity index (χ0v) is 15.5. The summed E-state index contributed by atoms with van der Waals surface area (Å²) in [6, 6.07) is 14.2. The van der Waals surface area contributed by atoms with E-state index in [1.165, 1.54) is 11.0 Å². The highest BCUT2D eigenvalue weighted by molar-refractivity contribution is 6.30. The number of methoxy groups -OCH3 is 1. The third-order valence-corrected chi connectivity index (χ3v) is 3.90. The molecular formula is C20H21ClN2O3. The molecule has 0 atom stereocenters. The molecule has 0 aliphatic heterocycles. The third kappa shape index (κ3) is 5.93. The average Bonchev–Trinajstić information content (AvgIpc) is 2.65. The van der Waals surface area contributed by atoms with Gasteiger partial charge in [-0.05, 0) is 55.0 Å². The van der Waals surface area contributed by atoms with Crippen LogP contribution in [0.4, 0.5) is 5.69 Å². The molecule has 26 heavy (non-hydrogen) atoms. The SMILES string of the molecule is CCN(CC(=O)Nc1ccc(OC)cc1)C(=O)/C=C/c1cccc(Cl)c1. The first kappa shape index (κ1) is 19.5.